The van der Waals surface area contributed by atoms with Crippen molar-refractivity contribution >= 4 is 39.1 Å². The summed E-state index contributed by atoms with van der Waals surface area (Å²) in [5.74, 6) is -0.852. The first-order chi connectivity index (χ1) is 17.1. The van der Waals surface area contributed by atoms with Gasteiger partial charge < -0.3 is 10.2 Å². The highest BCUT2D eigenvalue weighted by Gasteiger charge is 2.32. The molecule has 1 N–H and O–H groups in total. The maximum Gasteiger partial charge on any atom is 0.264 e. The second-order valence-electron chi connectivity index (χ2n) is 8.38. The molecule has 3 aromatic carbocycles. The van der Waals surface area contributed by atoms with Crippen LogP contribution in [-0.4, -0.2) is 44.3 Å². The average molecular weight is 528 g/mol. The molecule has 36 heavy (non-hydrogen) atoms. The second kappa shape index (κ2) is 12.1. The number of carbonyl (C=O) groups is 2. The number of halogens is 1. The van der Waals surface area contributed by atoms with E-state index in [1.165, 1.54) is 17.0 Å². The van der Waals surface area contributed by atoms with Crippen LogP contribution in [0.1, 0.15) is 25.0 Å². The van der Waals surface area contributed by atoms with Gasteiger partial charge in [0.25, 0.3) is 10.0 Å². The molecule has 0 aromatic heterocycles. The Hall–Kier alpha value is -3.36. The number of hydrogen-bond donors (Lipinski definition) is 1. The van der Waals surface area contributed by atoms with E-state index >= 15 is 0 Å². The van der Waals surface area contributed by atoms with Crippen LogP contribution in [0.2, 0.25) is 5.02 Å². The zero-order valence-electron chi connectivity index (χ0n) is 20.5. The lowest BCUT2D eigenvalue weighted by molar-refractivity contribution is -0.139. The molecule has 9 heteroatoms. The standard InChI is InChI=1S/C27H30ClN3O4S/c1-4-29-27(33)21(3)30(18-22-9-8-10-23(28)17-22)26(32)19-31(24-15-13-20(2)14-16-24)36(34,35)25-11-6-5-7-12-25/h5-17,21H,4,18-19H2,1-3H3,(H,29,33). The molecule has 0 spiro atoms. The van der Waals surface area contributed by atoms with Crippen LogP contribution in [0, 0.1) is 6.92 Å². The normalized spacial score (nSPS) is 12.0. The first-order valence-corrected chi connectivity index (χ1v) is 13.4. The number of nitrogens with zero attached hydrogens (tertiary/aromatic N) is 2. The summed E-state index contributed by atoms with van der Waals surface area (Å²) in [6.07, 6.45) is 0. The zero-order chi connectivity index (χ0) is 26.3. The highest BCUT2D eigenvalue weighted by molar-refractivity contribution is 7.92. The van der Waals surface area contributed by atoms with Crippen molar-refractivity contribution in [2.75, 3.05) is 17.4 Å². The molecule has 0 saturated heterocycles. The van der Waals surface area contributed by atoms with Crippen LogP contribution >= 0.6 is 11.6 Å². The number of hydrogen-bond acceptors (Lipinski definition) is 4. The minimum absolute atomic E-state index is 0.0662. The van der Waals surface area contributed by atoms with Crippen molar-refractivity contribution in [1.82, 2.24) is 10.2 Å². The number of anilines is 1. The van der Waals surface area contributed by atoms with E-state index in [-0.39, 0.29) is 17.3 Å². The van der Waals surface area contributed by atoms with Crippen LogP contribution < -0.4 is 9.62 Å². The van der Waals surface area contributed by atoms with Gasteiger partial charge in [0.05, 0.1) is 10.6 Å². The van der Waals surface area contributed by atoms with Gasteiger partial charge in [0.2, 0.25) is 11.8 Å². The summed E-state index contributed by atoms with van der Waals surface area (Å²) < 4.78 is 28.4. The van der Waals surface area contributed by atoms with Crippen molar-refractivity contribution in [2.24, 2.45) is 0 Å². The van der Waals surface area contributed by atoms with Crippen LogP contribution in [0.25, 0.3) is 0 Å². The Kier molecular flexibility index (Phi) is 9.12. The summed E-state index contributed by atoms with van der Waals surface area (Å²) in [4.78, 5) is 27.9. The topological polar surface area (TPSA) is 86.8 Å². The predicted octanol–water partition coefficient (Wildman–Crippen LogP) is 4.40. The van der Waals surface area contributed by atoms with E-state index in [1.807, 2.05) is 6.92 Å². The van der Waals surface area contributed by atoms with Crippen molar-refractivity contribution < 1.29 is 18.0 Å². The fourth-order valence-corrected chi connectivity index (χ4v) is 5.34. The lowest BCUT2D eigenvalue weighted by Gasteiger charge is -2.32. The average Bonchev–Trinajstić information content (AvgIpc) is 2.86. The van der Waals surface area contributed by atoms with E-state index in [0.717, 1.165) is 15.4 Å². The van der Waals surface area contributed by atoms with Gasteiger partial charge in [-0.15, -0.1) is 0 Å². The molecule has 0 heterocycles. The Bertz CT molecular complexity index is 1300. The van der Waals surface area contributed by atoms with Gasteiger partial charge in [-0.05, 0) is 62.7 Å². The highest BCUT2D eigenvalue weighted by atomic mass is 35.5. The number of nitrogens with one attached hydrogen (secondary N) is 1. The van der Waals surface area contributed by atoms with Gasteiger partial charge >= 0.3 is 0 Å². The van der Waals surface area contributed by atoms with Crippen molar-refractivity contribution in [3.63, 3.8) is 0 Å². The summed E-state index contributed by atoms with van der Waals surface area (Å²) in [5, 5.41) is 3.23. The molecule has 3 rings (SSSR count). The van der Waals surface area contributed by atoms with E-state index in [4.69, 9.17) is 11.6 Å². The molecule has 0 aliphatic heterocycles. The Morgan fingerprint density at radius 3 is 2.25 bits per heavy atom. The number of amides is 2. The largest absolute Gasteiger partial charge is 0.355 e. The number of benzene rings is 3. The Balaban J connectivity index is 2.01. The first-order valence-electron chi connectivity index (χ1n) is 11.6. The van der Waals surface area contributed by atoms with Gasteiger partial charge in [-0.3, -0.25) is 13.9 Å². The molecule has 0 radical (unpaired) electrons. The van der Waals surface area contributed by atoms with Crippen LogP contribution in [0.3, 0.4) is 0 Å². The minimum Gasteiger partial charge on any atom is -0.355 e. The molecule has 0 fully saturated rings. The van der Waals surface area contributed by atoms with E-state index in [2.05, 4.69) is 5.32 Å². The number of likely N-dealkylation sites (N-methyl/N-ethyl adjacent to an activating group) is 1. The van der Waals surface area contributed by atoms with Crippen molar-refractivity contribution in [3.8, 4) is 0 Å². The lowest BCUT2D eigenvalue weighted by Crippen LogP contribution is -2.51. The van der Waals surface area contributed by atoms with Gasteiger partial charge in [-0.25, -0.2) is 8.42 Å². The Morgan fingerprint density at radius 2 is 1.64 bits per heavy atom. The van der Waals surface area contributed by atoms with E-state index in [1.54, 1.807) is 80.6 Å². The third-order valence-corrected chi connectivity index (χ3v) is 7.72. The van der Waals surface area contributed by atoms with Crippen molar-refractivity contribution in [1.29, 1.82) is 0 Å². The summed E-state index contributed by atoms with van der Waals surface area (Å²) in [6, 6.07) is 21.0. The number of aryl methyl sites for hydroxylation is 1. The molecule has 3 aromatic rings. The fraction of sp³-hybridized carbons (Fsp3) is 0.259. The highest BCUT2D eigenvalue weighted by Crippen LogP contribution is 2.25. The maximum atomic E-state index is 13.7. The Morgan fingerprint density at radius 1 is 0.972 bits per heavy atom. The van der Waals surface area contributed by atoms with E-state index in [0.29, 0.717) is 17.3 Å². The summed E-state index contributed by atoms with van der Waals surface area (Å²) in [6.45, 7) is 5.32. The zero-order valence-corrected chi connectivity index (χ0v) is 22.1. The van der Waals surface area contributed by atoms with Gasteiger partial charge in [0, 0.05) is 18.1 Å². The van der Waals surface area contributed by atoms with Crippen LogP contribution in [0.15, 0.2) is 83.8 Å². The van der Waals surface area contributed by atoms with Crippen LogP contribution in [0.5, 0.6) is 0 Å². The molecule has 0 aliphatic carbocycles. The van der Waals surface area contributed by atoms with Crippen molar-refractivity contribution in [2.45, 2.75) is 38.3 Å². The second-order valence-corrected chi connectivity index (χ2v) is 10.7. The monoisotopic (exact) mass is 527 g/mol. The molecular weight excluding hydrogens is 498 g/mol. The van der Waals surface area contributed by atoms with Crippen LogP contribution in [0.4, 0.5) is 5.69 Å². The Labute approximate surface area is 217 Å². The van der Waals surface area contributed by atoms with E-state index < -0.39 is 28.5 Å². The molecule has 2 amide bonds. The fourth-order valence-electron chi connectivity index (χ4n) is 3.70. The molecule has 0 aliphatic rings. The van der Waals surface area contributed by atoms with Gasteiger partial charge in [-0.2, -0.15) is 0 Å². The van der Waals surface area contributed by atoms with E-state index in [9.17, 15) is 18.0 Å². The molecule has 0 saturated carbocycles. The molecular formula is C27H30ClN3O4S. The summed E-state index contributed by atoms with van der Waals surface area (Å²) in [7, 11) is -4.07. The molecule has 190 valence electrons. The van der Waals surface area contributed by atoms with Crippen molar-refractivity contribution in [3.05, 3.63) is 95.0 Å². The van der Waals surface area contributed by atoms with Gasteiger partial charge in [0.15, 0.2) is 0 Å². The van der Waals surface area contributed by atoms with Crippen LogP contribution in [-0.2, 0) is 26.2 Å². The third-order valence-electron chi connectivity index (χ3n) is 5.69. The maximum absolute atomic E-state index is 13.7. The quantitative estimate of drug-likeness (QED) is 0.423. The molecule has 1 atom stereocenters. The predicted molar refractivity (Wildman–Crippen MR) is 142 cm³/mol. The minimum atomic E-state index is -4.07. The molecule has 1 unspecified atom stereocenters. The smallest absolute Gasteiger partial charge is 0.264 e. The first kappa shape index (κ1) is 27.2. The number of sulfonamides is 1. The van der Waals surface area contributed by atoms with Gasteiger partial charge in [-0.1, -0.05) is 59.6 Å². The number of carbonyl (C=O) groups excluding carboxylic acids is 2. The lowest BCUT2D eigenvalue weighted by atomic mass is 10.1. The van der Waals surface area contributed by atoms with Gasteiger partial charge in [0.1, 0.15) is 12.6 Å². The third kappa shape index (κ3) is 6.65. The summed E-state index contributed by atoms with van der Waals surface area (Å²) >= 11 is 6.13. The SMILES string of the molecule is CCNC(=O)C(C)N(Cc1cccc(Cl)c1)C(=O)CN(c1ccc(C)cc1)S(=O)(=O)c1ccccc1. The molecule has 7 nitrogen and oxygen atoms in total. The molecule has 0 bridgehead atoms. The summed E-state index contributed by atoms with van der Waals surface area (Å²) in [5.41, 5.74) is 2.03. The number of rotatable bonds is 10.